The highest BCUT2D eigenvalue weighted by Crippen LogP contribution is 2.17. The summed E-state index contributed by atoms with van der Waals surface area (Å²) in [5, 5.41) is 14.0. The third-order valence-electron chi connectivity index (χ3n) is 4.28. The predicted octanol–water partition coefficient (Wildman–Crippen LogP) is 3.05. The number of amides is 2. The van der Waals surface area contributed by atoms with Gasteiger partial charge in [-0.15, -0.1) is 10.2 Å². The van der Waals surface area contributed by atoms with Crippen LogP contribution in [0.5, 0.6) is 0 Å². The Bertz CT molecular complexity index is 792. The lowest BCUT2D eigenvalue weighted by Gasteiger charge is -2.26. The summed E-state index contributed by atoms with van der Waals surface area (Å²) < 4.78 is 0. The highest BCUT2D eigenvalue weighted by Gasteiger charge is 2.17. The maximum Gasteiger partial charge on any atom is 0.286 e. The Kier molecular flexibility index (Phi) is 7.14. The smallest absolute Gasteiger partial charge is 0.286 e. The van der Waals surface area contributed by atoms with E-state index in [1.165, 1.54) is 19.3 Å². The van der Waals surface area contributed by atoms with Gasteiger partial charge in [-0.2, -0.15) is 0 Å². The molecule has 0 spiro atoms. The summed E-state index contributed by atoms with van der Waals surface area (Å²) in [6.07, 6.45) is 4.73. The number of halogens is 1. The minimum absolute atomic E-state index is 0.133. The number of nitrogens with zero attached hydrogens (tertiary/aromatic N) is 3. The molecule has 3 rings (SSSR count). The fraction of sp³-hybridized carbons (Fsp3) is 0.444. The zero-order chi connectivity index (χ0) is 19.1. The van der Waals surface area contributed by atoms with E-state index >= 15 is 0 Å². The number of aromatic nitrogens is 2. The topological polar surface area (TPSA) is 87.2 Å². The molecule has 27 heavy (non-hydrogen) atoms. The number of likely N-dealkylation sites (tertiary alicyclic amines) is 1. The molecular weight excluding hydrogens is 386 g/mol. The van der Waals surface area contributed by atoms with Crippen LogP contribution >= 0.6 is 22.9 Å². The number of carbonyl (C=O) groups is 2. The second kappa shape index (κ2) is 9.77. The van der Waals surface area contributed by atoms with Crippen LogP contribution in [0.2, 0.25) is 5.02 Å². The second-order valence-corrected chi connectivity index (χ2v) is 7.80. The first-order valence-electron chi connectivity index (χ1n) is 9.03. The van der Waals surface area contributed by atoms with Gasteiger partial charge in [-0.05, 0) is 57.1 Å². The Morgan fingerprint density at radius 3 is 2.59 bits per heavy atom. The molecule has 1 aliphatic rings. The Morgan fingerprint density at radius 1 is 1.11 bits per heavy atom. The third-order valence-corrected chi connectivity index (χ3v) is 5.44. The first-order chi connectivity index (χ1) is 13.1. The number of carbonyl (C=O) groups excluding carboxylic acids is 2. The highest BCUT2D eigenvalue weighted by atomic mass is 35.5. The van der Waals surface area contributed by atoms with E-state index in [1.807, 2.05) is 0 Å². The molecule has 0 radical (unpaired) electrons. The van der Waals surface area contributed by atoms with Crippen LogP contribution < -0.4 is 10.6 Å². The second-order valence-electron chi connectivity index (χ2n) is 6.39. The molecule has 0 unspecified atom stereocenters. The molecule has 1 aromatic carbocycles. The molecule has 0 bridgehead atoms. The number of benzene rings is 1. The third kappa shape index (κ3) is 5.98. The molecule has 0 aliphatic carbocycles. The molecule has 1 aliphatic heterocycles. The summed E-state index contributed by atoms with van der Waals surface area (Å²) in [6.45, 7) is 3.87. The van der Waals surface area contributed by atoms with Gasteiger partial charge >= 0.3 is 0 Å². The van der Waals surface area contributed by atoms with Crippen molar-refractivity contribution in [2.45, 2.75) is 25.7 Å². The molecule has 144 valence electrons. The number of piperidine rings is 1. The standard InChI is InChI=1S/C18H22ClN5O2S/c19-13-6-4-7-14(12-13)21-16(26)18-23-22-17(27-18)15(25)20-8-5-11-24-9-2-1-3-10-24/h4,6-7,12H,1-3,5,8-11H2,(H,20,25)(H,21,26). The van der Waals surface area contributed by atoms with Gasteiger partial charge in [0.05, 0.1) is 0 Å². The summed E-state index contributed by atoms with van der Waals surface area (Å²) in [6, 6.07) is 6.81. The summed E-state index contributed by atoms with van der Waals surface area (Å²) in [5.74, 6) is -0.716. The molecular formula is C18H22ClN5O2S. The van der Waals surface area contributed by atoms with Crippen molar-refractivity contribution in [2.75, 3.05) is 31.5 Å². The Labute approximate surface area is 167 Å². The zero-order valence-electron chi connectivity index (χ0n) is 14.9. The number of rotatable bonds is 7. The first kappa shape index (κ1) is 19.7. The maximum atomic E-state index is 12.2. The molecule has 2 heterocycles. The van der Waals surface area contributed by atoms with E-state index in [2.05, 4.69) is 25.7 Å². The monoisotopic (exact) mass is 407 g/mol. The first-order valence-corrected chi connectivity index (χ1v) is 10.2. The van der Waals surface area contributed by atoms with Gasteiger partial charge in [-0.3, -0.25) is 9.59 Å². The van der Waals surface area contributed by atoms with Crippen LogP contribution in [-0.2, 0) is 0 Å². The summed E-state index contributed by atoms with van der Waals surface area (Å²) in [4.78, 5) is 26.8. The van der Waals surface area contributed by atoms with Crippen molar-refractivity contribution in [1.29, 1.82) is 0 Å². The van der Waals surface area contributed by atoms with Crippen molar-refractivity contribution in [3.8, 4) is 0 Å². The van der Waals surface area contributed by atoms with Gasteiger partial charge in [0.2, 0.25) is 10.0 Å². The highest BCUT2D eigenvalue weighted by molar-refractivity contribution is 7.15. The lowest BCUT2D eigenvalue weighted by molar-refractivity contribution is 0.0948. The number of hydrogen-bond donors (Lipinski definition) is 2. The van der Waals surface area contributed by atoms with E-state index in [1.54, 1.807) is 24.3 Å². The van der Waals surface area contributed by atoms with Gasteiger partial charge < -0.3 is 15.5 Å². The minimum Gasteiger partial charge on any atom is -0.350 e. The molecule has 2 aromatic rings. The van der Waals surface area contributed by atoms with Crippen LogP contribution in [0.3, 0.4) is 0 Å². The van der Waals surface area contributed by atoms with Gasteiger partial charge in [0.15, 0.2) is 0 Å². The SMILES string of the molecule is O=C(NCCCN1CCCCC1)c1nnc(C(=O)Nc2cccc(Cl)c2)s1. The fourth-order valence-electron chi connectivity index (χ4n) is 2.92. The van der Waals surface area contributed by atoms with Crippen LogP contribution in [0.4, 0.5) is 5.69 Å². The zero-order valence-corrected chi connectivity index (χ0v) is 16.5. The van der Waals surface area contributed by atoms with Crippen molar-refractivity contribution >= 4 is 40.4 Å². The predicted molar refractivity (Wildman–Crippen MR) is 107 cm³/mol. The molecule has 0 saturated carbocycles. The van der Waals surface area contributed by atoms with Crippen molar-refractivity contribution < 1.29 is 9.59 Å². The molecule has 2 N–H and O–H groups in total. The average Bonchev–Trinajstić information content (AvgIpc) is 3.16. The number of hydrogen-bond acceptors (Lipinski definition) is 6. The lowest BCUT2D eigenvalue weighted by Crippen LogP contribution is -2.33. The van der Waals surface area contributed by atoms with Gasteiger partial charge in [-0.25, -0.2) is 0 Å². The molecule has 0 atom stereocenters. The molecule has 1 saturated heterocycles. The molecule has 7 nitrogen and oxygen atoms in total. The molecule has 9 heteroatoms. The minimum atomic E-state index is -0.418. The van der Waals surface area contributed by atoms with Crippen molar-refractivity contribution in [2.24, 2.45) is 0 Å². The van der Waals surface area contributed by atoms with Crippen molar-refractivity contribution in [3.05, 3.63) is 39.3 Å². The van der Waals surface area contributed by atoms with Gasteiger partial charge in [0.25, 0.3) is 11.8 Å². The molecule has 1 fully saturated rings. The number of nitrogens with one attached hydrogen (secondary N) is 2. The van der Waals surface area contributed by atoms with Crippen molar-refractivity contribution in [1.82, 2.24) is 20.4 Å². The molecule has 1 aromatic heterocycles. The van der Waals surface area contributed by atoms with Crippen LogP contribution in [0, 0.1) is 0 Å². The van der Waals surface area contributed by atoms with Gasteiger partial charge in [0, 0.05) is 17.3 Å². The normalized spacial score (nSPS) is 14.7. The van der Waals surface area contributed by atoms with Gasteiger partial charge in [0.1, 0.15) is 0 Å². The van der Waals surface area contributed by atoms with Gasteiger partial charge in [-0.1, -0.05) is 35.4 Å². The van der Waals surface area contributed by atoms with E-state index < -0.39 is 5.91 Å². The number of anilines is 1. The van der Waals surface area contributed by atoms with Crippen LogP contribution in [-0.4, -0.2) is 53.1 Å². The fourth-order valence-corrected chi connectivity index (χ4v) is 3.77. The summed E-state index contributed by atoms with van der Waals surface area (Å²) in [5.41, 5.74) is 0.561. The van der Waals surface area contributed by atoms with E-state index in [0.29, 0.717) is 17.3 Å². The van der Waals surface area contributed by atoms with E-state index in [9.17, 15) is 9.59 Å². The van der Waals surface area contributed by atoms with Crippen LogP contribution in [0.25, 0.3) is 0 Å². The Balaban J connectivity index is 1.44. The average molecular weight is 408 g/mol. The van der Waals surface area contributed by atoms with Crippen LogP contribution in [0.1, 0.15) is 45.3 Å². The lowest BCUT2D eigenvalue weighted by atomic mass is 10.1. The maximum absolute atomic E-state index is 12.2. The quantitative estimate of drug-likeness (QED) is 0.689. The Morgan fingerprint density at radius 2 is 1.85 bits per heavy atom. The van der Waals surface area contributed by atoms with Crippen LogP contribution in [0.15, 0.2) is 24.3 Å². The molecule has 2 amide bonds. The largest absolute Gasteiger partial charge is 0.350 e. The van der Waals surface area contributed by atoms with E-state index in [0.717, 1.165) is 37.4 Å². The van der Waals surface area contributed by atoms with E-state index in [4.69, 9.17) is 11.6 Å². The summed E-state index contributed by atoms with van der Waals surface area (Å²) >= 11 is 6.87. The Hall–Kier alpha value is -2.03. The van der Waals surface area contributed by atoms with E-state index in [-0.39, 0.29) is 15.9 Å². The van der Waals surface area contributed by atoms with Crippen molar-refractivity contribution in [3.63, 3.8) is 0 Å². The summed E-state index contributed by atoms with van der Waals surface area (Å²) in [7, 11) is 0.